The average molecular weight is 205 g/mol. The van der Waals surface area contributed by atoms with Crippen molar-refractivity contribution in [3.05, 3.63) is 24.3 Å². The van der Waals surface area contributed by atoms with Crippen LogP contribution in [0.25, 0.3) is 0 Å². The molecular weight excluding hydrogens is 186 g/mol. The number of hydrogen-bond acceptors (Lipinski definition) is 3. The molecule has 1 fully saturated rings. The summed E-state index contributed by atoms with van der Waals surface area (Å²) in [4.78, 5) is 8.55. The molecule has 1 aliphatic rings. The van der Waals surface area contributed by atoms with Crippen molar-refractivity contribution in [1.82, 2.24) is 15.3 Å². The fourth-order valence-corrected chi connectivity index (χ4v) is 2.62. The zero-order chi connectivity index (χ0) is 10.7. The van der Waals surface area contributed by atoms with E-state index in [2.05, 4.69) is 29.1 Å². The molecule has 0 spiro atoms. The topological polar surface area (TPSA) is 37.8 Å². The summed E-state index contributed by atoms with van der Waals surface area (Å²) in [7, 11) is 0. The van der Waals surface area contributed by atoms with Crippen molar-refractivity contribution >= 4 is 0 Å². The van der Waals surface area contributed by atoms with Crippen LogP contribution in [0.2, 0.25) is 0 Å². The number of nitrogens with zero attached hydrogens (tertiary/aromatic N) is 2. The molecule has 1 aliphatic carbocycles. The second kappa shape index (κ2) is 4.71. The van der Waals surface area contributed by atoms with Gasteiger partial charge in [0.05, 0.1) is 5.69 Å². The Morgan fingerprint density at radius 2 is 2.27 bits per heavy atom. The molecule has 1 aromatic rings. The summed E-state index contributed by atoms with van der Waals surface area (Å²) < 4.78 is 0. The van der Waals surface area contributed by atoms with Gasteiger partial charge in [-0.3, -0.25) is 9.97 Å². The van der Waals surface area contributed by atoms with Gasteiger partial charge in [0.15, 0.2) is 0 Å². The fraction of sp³-hybridized carbons (Fsp3) is 0.667. The molecular formula is C12H19N3. The molecule has 1 N–H and O–H groups in total. The maximum absolute atomic E-state index is 4.40. The highest BCUT2D eigenvalue weighted by atomic mass is 14.9. The molecule has 2 rings (SSSR count). The van der Waals surface area contributed by atoms with Crippen LogP contribution in [-0.4, -0.2) is 22.6 Å². The van der Waals surface area contributed by atoms with Gasteiger partial charge in [-0.15, -0.1) is 0 Å². The van der Waals surface area contributed by atoms with E-state index in [9.17, 15) is 0 Å². The SMILES string of the molecule is CCNC1CC(c2cnccn2)C1CC. The van der Waals surface area contributed by atoms with Gasteiger partial charge in [-0.2, -0.15) is 0 Å². The molecule has 0 aliphatic heterocycles. The largest absolute Gasteiger partial charge is 0.314 e. The van der Waals surface area contributed by atoms with Gasteiger partial charge in [0.2, 0.25) is 0 Å². The lowest BCUT2D eigenvalue weighted by atomic mass is 9.66. The molecule has 0 bridgehead atoms. The summed E-state index contributed by atoms with van der Waals surface area (Å²) in [5, 5.41) is 3.53. The Balaban J connectivity index is 2.02. The zero-order valence-corrected chi connectivity index (χ0v) is 9.48. The van der Waals surface area contributed by atoms with Gasteiger partial charge in [-0.05, 0) is 18.9 Å². The van der Waals surface area contributed by atoms with Crippen LogP contribution in [0.1, 0.15) is 38.3 Å². The molecule has 3 nitrogen and oxygen atoms in total. The van der Waals surface area contributed by atoms with Crippen LogP contribution in [0.4, 0.5) is 0 Å². The van der Waals surface area contributed by atoms with E-state index in [1.54, 1.807) is 12.4 Å². The third kappa shape index (κ3) is 2.02. The van der Waals surface area contributed by atoms with Gasteiger partial charge in [0, 0.05) is 30.6 Å². The lowest BCUT2D eigenvalue weighted by molar-refractivity contribution is 0.159. The van der Waals surface area contributed by atoms with Crippen LogP contribution in [0, 0.1) is 5.92 Å². The van der Waals surface area contributed by atoms with Gasteiger partial charge in [0.1, 0.15) is 0 Å². The maximum atomic E-state index is 4.40. The second-order valence-electron chi connectivity index (χ2n) is 4.21. The quantitative estimate of drug-likeness (QED) is 0.816. The lowest BCUT2D eigenvalue weighted by Crippen LogP contribution is -2.49. The molecule has 3 atom stereocenters. The van der Waals surface area contributed by atoms with Crippen molar-refractivity contribution in [3.8, 4) is 0 Å². The highest BCUT2D eigenvalue weighted by Crippen LogP contribution is 2.43. The minimum absolute atomic E-state index is 0.618. The fourth-order valence-electron chi connectivity index (χ4n) is 2.62. The van der Waals surface area contributed by atoms with Crippen LogP contribution in [0.15, 0.2) is 18.6 Å². The molecule has 15 heavy (non-hydrogen) atoms. The summed E-state index contributed by atoms with van der Waals surface area (Å²) in [6, 6.07) is 0.687. The smallest absolute Gasteiger partial charge is 0.0621 e. The molecule has 82 valence electrons. The van der Waals surface area contributed by atoms with Crippen molar-refractivity contribution in [3.63, 3.8) is 0 Å². The first-order valence-corrected chi connectivity index (χ1v) is 5.86. The van der Waals surface area contributed by atoms with Crippen molar-refractivity contribution in [2.45, 2.75) is 38.6 Å². The third-order valence-electron chi connectivity index (χ3n) is 3.44. The van der Waals surface area contributed by atoms with E-state index in [1.165, 1.54) is 18.5 Å². The van der Waals surface area contributed by atoms with Crippen LogP contribution in [0.5, 0.6) is 0 Å². The molecule has 3 unspecified atom stereocenters. The van der Waals surface area contributed by atoms with Crippen LogP contribution in [-0.2, 0) is 0 Å². The Morgan fingerprint density at radius 3 is 2.87 bits per heavy atom. The van der Waals surface area contributed by atoms with Gasteiger partial charge < -0.3 is 5.32 Å². The minimum atomic E-state index is 0.618. The van der Waals surface area contributed by atoms with Crippen molar-refractivity contribution in [2.75, 3.05) is 6.54 Å². The summed E-state index contributed by atoms with van der Waals surface area (Å²) in [5.41, 5.74) is 1.17. The summed E-state index contributed by atoms with van der Waals surface area (Å²) in [5.74, 6) is 1.36. The standard InChI is InChI=1S/C12H19N3/c1-3-9-10(7-11(9)14-4-2)12-8-13-5-6-15-12/h5-6,8-11,14H,3-4,7H2,1-2H3. The minimum Gasteiger partial charge on any atom is -0.314 e. The van der Waals surface area contributed by atoms with Crippen molar-refractivity contribution < 1.29 is 0 Å². The molecule has 0 aromatic carbocycles. The monoisotopic (exact) mass is 205 g/mol. The van der Waals surface area contributed by atoms with E-state index >= 15 is 0 Å². The van der Waals surface area contributed by atoms with Crippen LogP contribution >= 0.6 is 0 Å². The Bertz CT molecular complexity index is 299. The van der Waals surface area contributed by atoms with Crippen molar-refractivity contribution in [1.29, 1.82) is 0 Å². The van der Waals surface area contributed by atoms with E-state index in [0.29, 0.717) is 12.0 Å². The molecule has 1 heterocycles. The lowest BCUT2D eigenvalue weighted by Gasteiger charge is -2.44. The van der Waals surface area contributed by atoms with E-state index in [0.717, 1.165) is 12.5 Å². The van der Waals surface area contributed by atoms with Gasteiger partial charge in [0.25, 0.3) is 0 Å². The number of aromatic nitrogens is 2. The second-order valence-corrected chi connectivity index (χ2v) is 4.21. The average Bonchev–Trinajstić information content (AvgIpc) is 2.25. The molecule has 0 radical (unpaired) electrons. The molecule has 3 heteroatoms. The van der Waals surface area contributed by atoms with Crippen LogP contribution < -0.4 is 5.32 Å². The van der Waals surface area contributed by atoms with E-state index < -0.39 is 0 Å². The van der Waals surface area contributed by atoms with Gasteiger partial charge >= 0.3 is 0 Å². The highest BCUT2D eigenvalue weighted by Gasteiger charge is 2.40. The summed E-state index contributed by atoms with van der Waals surface area (Å²) >= 11 is 0. The number of hydrogen-bond donors (Lipinski definition) is 1. The Kier molecular flexibility index (Phi) is 3.31. The maximum Gasteiger partial charge on any atom is 0.0621 e. The molecule has 1 aromatic heterocycles. The molecule has 0 amide bonds. The summed E-state index contributed by atoms with van der Waals surface area (Å²) in [6.07, 6.45) is 7.88. The summed E-state index contributed by atoms with van der Waals surface area (Å²) in [6.45, 7) is 5.49. The first-order chi connectivity index (χ1) is 7.36. The normalized spacial score (nSPS) is 29.9. The number of nitrogens with one attached hydrogen (secondary N) is 1. The van der Waals surface area contributed by atoms with E-state index in [4.69, 9.17) is 0 Å². The first-order valence-electron chi connectivity index (χ1n) is 5.86. The van der Waals surface area contributed by atoms with Gasteiger partial charge in [-0.1, -0.05) is 20.3 Å². The first kappa shape index (κ1) is 10.6. The third-order valence-corrected chi connectivity index (χ3v) is 3.44. The predicted octanol–water partition coefficient (Wildman–Crippen LogP) is 1.97. The molecule has 0 saturated heterocycles. The number of rotatable bonds is 4. The van der Waals surface area contributed by atoms with Gasteiger partial charge in [-0.25, -0.2) is 0 Å². The predicted molar refractivity (Wildman–Crippen MR) is 60.6 cm³/mol. The highest BCUT2D eigenvalue weighted by molar-refractivity contribution is 5.14. The Hall–Kier alpha value is -0.960. The van der Waals surface area contributed by atoms with Crippen LogP contribution in [0.3, 0.4) is 0 Å². The molecule has 1 saturated carbocycles. The zero-order valence-electron chi connectivity index (χ0n) is 9.48. The Morgan fingerprint density at radius 1 is 1.40 bits per heavy atom. The van der Waals surface area contributed by atoms with Crippen molar-refractivity contribution in [2.24, 2.45) is 5.92 Å². The van der Waals surface area contributed by atoms with E-state index in [-0.39, 0.29) is 0 Å². The Labute approximate surface area is 91.3 Å². The van der Waals surface area contributed by atoms with E-state index in [1.807, 2.05) is 6.20 Å².